The van der Waals surface area contributed by atoms with Crippen molar-refractivity contribution >= 4 is 5.96 Å². The molecule has 1 aromatic heterocycles. The van der Waals surface area contributed by atoms with Gasteiger partial charge in [-0.25, -0.2) is 4.99 Å². The molecule has 0 aliphatic heterocycles. The SMILES string of the molecule is CCNC(=NCc1ccc(C)cc1OCCOC)NCc1noc(C)n1. The second-order valence-corrected chi connectivity index (χ2v) is 5.73. The number of aryl methyl sites for hydroxylation is 2. The van der Waals surface area contributed by atoms with E-state index in [1.807, 2.05) is 26.0 Å². The maximum Gasteiger partial charge on any atom is 0.223 e. The third-order valence-corrected chi connectivity index (χ3v) is 3.50. The molecule has 8 nitrogen and oxygen atoms in total. The molecule has 0 saturated heterocycles. The Hall–Kier alpha value is -2.61. The van der Waals surface area contributed by atoms with Crippen LogP contribution in [0.15, 0.2) is 27.7 Å². The molecule has 0 fully saturated rings. The summed E-state index contributed by atoms with van der Waals surface area (Å²) in [6.07, 6.45) is 0. The molecule has 26 heavy (non-hydrogen) atoms. The van der Waals surface area contributed by atoms with Gasteiger partial charge in [0.1, 0.15) is 12.4 Å². The molecule has 2 aromatic rings. The topological polar surface area (TPSA) is 93.8 Å². The Labute approximate surface area is 154 Å². The van der Waals surface area contributed by atoms with Crippen LogP contribution in [0.1, 0.15) is 29.8 Å². The van der Waals surface area contributed by atoms with E-state index in [1.54, 1.807) is 14.0 Å². The zero-order chi connectivity index (χ0) is 18.8. The van der Waals surface area contributed by atoms with Crippen molar-refractivity contribution < 1.29 is 14.0 Å². The van der Waals surface area contributed by atoms with Crippen LogP contribution in [-0.4, -0.2) is 43.0 Å². The van der Waals surface area contributed by atoms with Gasteiger partial charge >= 0.3 is 0 Å². The van der Waals surface area contributed by atoms with Crippen LogP contribution in [0, 0.1) is 13.8 Å². The van der Waals surface area contributed by atoms with E-state index in [9.17, 15) is 0 Å². The van der Waals surface area contributed by atoms with Crippen LogP contribution >= 0.6 is 0 Å². The Morgan fingerprint density at radius 1 is 1.23 bits per heavy atom. The van der Waals surface area contributed by atoms with E-state index >= 15 is 0 Å². The number of aromatic nitrogens is 2. The van der Waals surface area contributed by atoms with Crippen molar-refractivity contribution in [1.29, 1.82) is 0 Å². The van der Waals surface area contributed by atoms with Gasteiger partial charge in [-0.3, -0.25) is 0 Å². The van der Waals surface area contributed by atoms with Gasteiger partial charge in [-0.2, -0.15) is 4.98 Å². The number of rotatable bonds is 9. The third kappa shape index (κ3) is 6.36. The van der Waals surface area contributed by atoms with E-state index < -0.39 is 0 Å². The highest BCUT2D eigenvalue weighted by Gasteiger charge is 2.07. The highest BCUT2D eigenvalue weighted by atomic mass is 16.5. The van der Waals surface area contributed by atoms with E-state index in [4.69, 9.17) is 14.0 Å². The maximum atomic E-state index is 5.82. The Morgan fingerprint density at radius 2 is 2.08 bits per heavy atom. The summed E-state index contributed by atoms with van der Waals surface area (Å²) in [4.78, 5) is 8.79. The van der Waals surface area contributed by atoms with Crippen LogP contribution in [0.4, 0.5) is 0 Å². The Balaban J connectivity index is 2.03. The predicted octanol–water partition coefficient (Wildman–Crippen LogP) is 1.97. The molecule has 0 unspecified atom stereocenters. The summed E-state index contributed by atoms with van der Waals surface area (Å²) in [5, 5.41) is 10.3. The number of nitrogens with one attached hydrogen (secondary N) is 2. The number of ether oxygens (including phenoxy) is 2. The molecule has 8 heteroatoms. The predicted molar refractivity (Wildman–Crippen MR) is 99.2 cm³/mol. The fraction of sp³-hybridized carbons (Fsp3) is 0.500. The van der Waals surface area contributed by atoms with Gasteiger partial charge in [0.15, 0.2) is 11.8 Å². The largest absolute Gasteiger partial charge is 0.491 e. The van der Waals surface area contributed by atoms with E-state index in [0.717, 1.165) is 23.4 Å². The van der Waals surface area contributed by atoms with Gasteiger partial charge in [-0.1, -0.05) is 17.3 Å². The van der Waals surface area contributed by atoms with Crippen LogP contribution in [0.3, 0.4) is 0 Å². The summed E-state index contributed by atoms with van der Waals surface area (Å²) >= 11 is 0. The highest BCUT2D eigenvalue weighted by Crippen LogP contribution is 2.21. The van der Waals surface area contributed by atoms with E-state index in [0.29, 0.717) is 44.0 Å². The Morgan fingerprint density at radius 3 is 2.77 bits per heavy atom. The van der Waals surface area contributed by atoms with Crippen molar-refractivity contribution in [3.63, 3.8) is 0 Å². The van der Waals surface area contributed by atoms with Crippen molar-refractivity contribution in [3.8, 4) is 5.75 Å². The number of methoxy groups -OCH3 is 1. The van der Waals surface area contributed by atoms with Crippen LogP contribution < -0.4 is 15.4 Å². The van der Waals surface area contributed by atoms with Gasteiger partial charge in [0, 0.05) is 26.1 Å². The summed E-state index contributed by atoms with van der Waals surface area (Å²) in [5.74, 6) is 2.64. The average Bonchev–Trinajstić information content (AvgIpc) is 3.04. The molecule has 0 radical (unpaired) electrons. The number of aliphatic imine (C=N–C) groups is 1. The molecule has 1 aromatic carbocycles. The molecule has 0 atom stereocenters. The number of hydrogen-bond acceptors (Lipinski definition) is 6. The zero-order valence-electron chi connectivity index (χ0n) is 15.8. The van der Waals surface area contributed by atoms with Gasteiger partial charge in [-0.15, -0.1) is 0 Å². The monoisotopic (exact) mass is 361 g/mol. The Kier molecular flexibility index (Phi) is 7.88. The number of guanidine groups is 1. The smallest absolute Gasteiger partial charge is 0.223 e. The lowest BCUT2D eigenvalue weighted by molar-refractivity contribution is 0.145. The van der Waals surface area contributed by atoms with Gasteiger partial charge in [0.2, 0.25) is 5.89 Å². The first-order valence-corrected chi connectivity index (χ1v) is 8.65. The van der Waals surface area contributed by atoms with Crippen molar-refractivity contribution in [1.82, 2.24) is 20.8 Å². The minimum atomic E-state index is 0.439. The quantitative estimate of drug-likeness (QED) is 0.401. The second kappa shape index (κ2) is 10.4. The van der Waals surface area contributed by atoms with Crippen molar-refractivity contribution in [2.75, 3.05) is 26.9 Å². The summed E-state index contributed by atoms with van der Waals surface area (Å²) < 4.78 is 15.8. The molecule has 0 saturated carbocycles. The lowest BCUT2D eigenvalue weighted by atomic mass is 10.1. The van der Waals surface area contributed by atoms with Crippen LogP contribution in [0.25, 0.3) is 0 Å². The molecule has 1 heterocycles. The summed E-state index contributed by atoms with van der Waals surface area (Å²) in [6, 6.07) is 6.10. The molecule has 0 bridgehead atoms. The number of nitrogens with zero attached hydrogens (tertiary/aromatic N) is 3. The third-order valence-electron chi connectivity index (χ3n) is 3.50. The van der Waals surface area contributed by atoms with E-state index in [1.165, 1.54) is 0 Å². The molecular weight excluding hydrogens is 334 g/mol. The van der Waals surface area contributed by atoms with Crippen LogP contribution in [0.5, 0.6) is 5.75 Å². The first kappa shape index (κ1) is 19.7. The Bertz CT molecular complexity index is 715. The zero-order valence-corrected chi connectivity index (χ0v) is 15.8. The molecule has 142 valence electrons. The normalized spacial score (nSPS) is 11.5. The van der Waals surface area contributed by atoms with Crippen molar-refractivity contribution in [2.24, 2.45) is 4.99 Å². The van der Waals surface area contributed by atoms with E-state index in [-0.39, 0.29) is 0 Å². The molecule has 2 rings (SSSR count). The van der Waals surface area contributed by atoms with Crippen LogP contribution in [0.2, 0.25) is 0 Å². The number of hydrogen-bond donors (Lipinski definition) is 2. The maximum absolute atomic E-state index is 5.82. The molecule has 0 spiro atoms. The minimum Gasteiger partial charge on any atom is -0.491 e. The van der Waals surface area contributed by atoms with Gasteiger partial charge in [0.05, 0.1) is 19.7 Å². The van der Waals surface area contributed by atoms with Crippen molar-refractivity contribution in [3.05, 3.63) is 41.0 Å². The van der Waals surface area contributed by atoms with Crippen molar-refractivity contribution in [2.45, 2.75) is 33.9 Å². The fourth-order valence-electron chi connectivity index (χ4n) is 2.24. The average molecular weight is 361 g/mol. The molecule has 0 aliphatic rings. The number of benzene rings is 1. The summed E-state index contributed by atoms with van der Waals surface area (Å²) in [5.41, 5.74) is 2.15. The molecule has 0 aliphatic carbocycles. The first-order valence-electron chi connectivity index (χ1n) is 8.65. The molecule has 2 N–H and O–H groups in total. The standard InChI is InChI=1S/C18H27N5O3/c1-5-19-18(21-12-17-22-14(3)26-23-17)20-11-15-7-6-13(2)10-16(15)25-9-8-24-4/h6-7,10H,5,8-9,11-12H2,1-4H3,(H2,19,20,21). The van der Waals surface area contributed by atoms with Gasteiger partial charge < -0.3 is 24.6 Å². The fourth-order valence-corrected chi connectivity index (χ4v) is 2.24. The lowest BCUT2D eigenvalue weighted by Gasteiger charge is -2.13. The molecular formula is C18H27N5O3. The van der Waals surface area contributed by atoms with Gasteiger partial charge in [-0.05, 0) is 25.5 Å². The first-order chi connectivity index (χ1) is 12.6. The summed E-state index contributed by atoms with van der Waals surface area (Å²) in [6.45, 7) is 8.55. The second-order valence-electron chi connectivity index (χ2n) is 5.73. The molecule has 0 amide bonds. The minimum absolute atomic E-state index is 0.439. The lowest BCUT2D eigenvalue weighted by Crippen LogP contribution is -2.37. The van der Waals surface area contributed by atoms with Crippen LogP contribution in [-0.2, 0) is 17.8 Å². The van der Waals surface area contributed by atoms with Gasteiger partial charge in [0.25, 0.3) is 0 Å². The highest BCUT2D eigenvalue weighted by molar-refractivity contribution is 5.79. The van der Waals surface area contributed by atoms with E-state index in [2.05, 4.69) is 31.8 Å². The summed E-state index contributed by atoms with van der Waals surface area (Å²) in [7, 11) is 1.66.